The number of ether oxygens (including phenoxy) is 1. The van der Waals surface area contributed by atoms with Crippen LogP contribution in [0.1, 0.15) is 60.3 Å². The Balaban J connectivity index is 1.34. The van der Waals surface area contributed by atoms with Gasteiger partial charge in [0.1, 0.15) is 0 Å². The van der Waals surface area contributed by atoms with Gasteiger partial charge in [-0.1, -0.05) is 24.3 Å². The lowest BCUT2D eigenvalue weighted by molar-refractivity contribution is 0.153. The topological polar surface area (TPSA) is 102 Å². The van der Waals surface area contributed by atoms with E-state index in [1.54, 1.807) is 6.07 Å². The molecule has 180 valence electrons. The first-order valence-electron chi connectivity index (χ1n) is 11.6. The summed E-state index contributed by atoms with van der Waals surface area (Å²) >= 11 is 0. The molecule has 2 aromatic rings. The molecular formula is C25H33FNO5P. The Morgan fingerprint density at radius 3 is 2.76 bits per heavy atom. The molecule has 2 aliphatic rings. The first-order chi connectivity index (χ1) is 15.6. The Bertz CT molecular complexity index is 1040. The minimum absolute atomic E-state index is 0.125. The monoisotopic (exact) mass is 477 g/mol. The van der Waals surface area contributed by atoms with Crippen LogP contribution in [0, 0.1) is 11.7 Å². The Kier molecular flexibility index (Phi) is 7.27. The zero-order chi connectivity index (χ0) is 23.6. The first kappa shape index (κ1) is 24.4. The van der Waals surface area contributed by atoms with E-state index in [1.165, 1.54) is 29.9 Å². The van der Waals surface area contributed by atoms with Gasteiger partial charge in [0.05, 0.1) is 13.7 Å². The summed E-state index contributed by atoms with van der Waals surface area (Å²) in [7, 11) is -3.02. The maximum Gasteiger partial charge on any atom is 0.469 e. The summed E-state index contributed by atoms with van der Waals surface area (Å²) in [6, 6.07) is 11.8. The maximum atomic E-state index is 13.6. The lowest BCUT2D eigenvalue weighted by atomic mass is 9.79. The third-order valence-corrected chi connectivity index (χ3v) is 7.72. The SMILES string of the molecule is COc1cc(CC[C@@H]2CCc3cc([C@H]4CC[C@](N)(COP(=O)(O)O)C4)ccc3C2)ccc1F. The van der Waals surface area contributed by atoms with E-state index in [1.807, 2.05) is 6.07 Å². The fourth-order valence-electron chi connectivity index (χ4n) is 5.37. The number of fused-ring (bicyclic) bond motifs is 1. The molecule has 4 N–H and O–H groups in total. The van der Waals surface area contributed by atoms with Gasteiger partial charge in [-0.15, -0.1) is 0 Å². The van der Waals surface area contributed by atoms with Gasteiger partial charge in [-0.25, -0.2) is 8.96 Å². The molecule has 0 spiro atoms. The molecule has 0 bridgehead atoms. The molecule has 6 nitrogen and oxygen atoms in total. The average Bonchev–Trinajstić information content (AvgIpc) is 3.19. The van der Waals surface area contributed by atoms with Crippen molar-refractivity contribution < 1.29 is 28.0 Å². The van der Waals surface area contributed by atoms with E-state index < -0.39 is 13.4 Å². The van der Waals surface area contributed by atoms with Gasteiger partial charge in [-0.2, -0.15) is 0 Å². The Labute approximate surface area is 194 Å². The molecule has 0 amide bonds. The van der Waals surface area contributed by atoms with E-state index in [4.69, 9.17) is 24.8 Å². The summed E-state index contributed by atoms with van der Waals surface area (Å²) < 4.78 is 34.5. The minimum atomic E-state index is -4.51. The largest absolute Gasteiger partial charge is 0.494 e. The molecule has 0 aromatic heterocycles. The van der Waals surface area contributed by atoms with Crippen molar-refractivity contribution in [2.75, 3.05) is 13.7 Å². The van der Waals surface area contributed by atoms with Crippen molar-refractivity contribution in [2.24, 2.45) is 11.7 Å². The molecule has 3 atom stereocenters. The van der Waals surface area contributed by atoms with Crippen molar-refractivity contribution in [1.82, 2.24) is 0 Å². The van der Waals surface area contributed by atoms with Crippen LogP contribution in [0.15, 0.2) is 36.4 Å². The van der Waals surface area contributed by atoms with Crippen LogP contribution in [0.3, 0.4) is 0 Å². The highest BCUT2D eigenvalue weighted by molar-refractivity contribution is 7.46. The van der Waals surface area contributed by atoms with Gasteiger partial charge in [0, 0.05) is 5.54 Å². The van der Waals surface area contributed by atoms with E-state index in [0.29, 0.717) is 24.5 Å². The van der Waals surface area contributed by atoms with Gasteiger partial charge in [0.15, 0.2) is 11.6 Å². The molecule has 33 heavy (non-hydrogen) atoms. The molecule has 1 saturated carbocycles. The molecule has 0 heterocycles. The average molecular weight is 478 g/mol. The third-order valence-electron chi connectivity index (χ3n) is 7.25. The van der Waals surface area contributed by atoms with Crippen LogP contribution < -0.4 is 10.5 Å². The molecule has 2 aromatic carbocycles. The zero-order valence-corrected chi connectivity index (χ0v) is 19.9. The number of methoxy groups -OCH3 is 1. The van der Waals surface area contributed by atoms with Crippen molar-refractivity contribution in [3.8, 4) is 5.75 Å². The molecule has 0 radical (unpaired) electrons. The fraction of sp³-hybridized carbons (Fsp3) is 0.520. The second-order valence-electron chi connectivity index (χ2n) is 9.71. The van der Waals surface area contributed by atoms with E-state index in [-0.39, 0.29) is 18.3 Å². The highest BCUT2D eigenvalue weighted by atomic mass is 31.2. The van der Waals surface area contributed by atoms with Crippen LogP contribution in [-0.2, 0) is 28.4 Å². The van der Waals surface area contributed by atoms with Crippen LogP contribution >= 0.6 is 7.82 Å². The molecular weight excluding hydrogens is 444 g/mol. The number of phosphoric ester groups is 1. The van der Waals surface area contributed by atoms with E-state index in [9.17, 15) is 8.96 Å². The third kappa shape index (κ3) is 6.23. The number of benzene rings is 2. The molecule has 0 saturated heterocycles. The normalized spacial score (nSPS) is 25.1. The number of rotatable bonds is 8. The lowest BCUT2D eigenvalue weighted by Gasteiger charge is -2.27. The van der Waals surface area contributed by atoms with Crippen LogP contribution in [0.2, 0.25) is 0 Å². The summed E-state index contributed by atoms with van der Waals surface area (Å²) in [4.78, 5) is 18.0. The first-order valence-corrected chi connectivity index (χ1v) is 13.1. The number of aryl methyl sites for hydroxylation is 2. The van der Waals surface area contributed by atoms with Gasteiger partial charge >= 0.3 is 7.82 Å². The predicted octanol–water partition coefficient (Wildman–Crippen LogP) is 4.65. The Hall–Kier alpha value is -1.76. The van der Waals surface area contributed by atoms with Gasteiger partial charge in [-0.05, 0) is 97.6 Å². The summed E-state index contributed by atoms with van der Waals surface area (Å²) in [6.45, 7) is -0.125. The van der Waals surface area contributed by atoms with Crippen LogP contribution in [0.4, 0.5) is 4.39 Å². The molecule has 2 aliphatic carbocycles. The highest BCUT2D eigenvalue weighted by Gasteiger charge is 2.38. The maximum absolute atomic E-state index is 13.6. The van der Waals surface area contributed by atoms with Crippen LogP contribution in [0.5, 0.6) is 5.75 Å². The van der Waals surface area contributed by atoms with E-state index >= 15 is 0 Å². The minimum Gasteiger partial charge on any atom is -0.494 e. The van der Waals surface area contributed by atoms with Crippen molar-refractivity contribution in [1.29, 1.82) is 0 Å². The Morgan fingerprint density at radius 2 is 2.00 bits per heavy atom. The summed E-state index contributed by atoms with van der Waals surface area (Å²) in [5, 5.41) is 0. The lowest BCUT2D eigenvalue weighted by Crippen LogP contribution is -2.41. The predicted molar refractivity (Wildman–Crippen MR) is 125 cm³/mol. The number of hydrogen-bond acceptors (Lipinski definition) is 4. The zero-order valence-electron chi connectivity index (χ0n) is 19.0. The summed E-state index contributed by atoms with van der Waals surface area (Å²) in [5.41, 5.74) is 10.8. The second-order valence-corrected chi connectivity index (χ2v) is 11.0. The quantitative estimate of drug-likeness (QED) is 0.479. The van der Waals surface area contributed by atoms with Crippen molar-refractivity contribution >= 4 is 7.82 Å². The second kappa shape index (κ2) is 9.85. The molecule has 0 aliphatic heterocycles. The Morgan fingerprint density at radius 1 is 1.18 bits per heavy atom. The molecule has 0 unspecified atom stereocenters. The number of nitrogens with two attached hydrogens (primary N) is 1. The molecule has 8 heteroatoms. The van der Waals surface area contributed by atoms with Gasteiger partial charge in [0.25, 0.3) is 0 Å². The van der Waals surface area contributed by atoms with Gasteiger partial charge in [0.2, 0.25) is 0 Å². The van der Waals surface area contributed by atoms with Crippen LogP contribution in [0.25, 0.3) is 0 Å². The number of phosphoric acid groups is 1. The number of halogens is 1. The standard InChI is InChI=1S/C25H33FNO5P/c1-31-24-13-18(5-9-23(24)26)3-2-17-4-6-20-14-21(8-7-19(20)12-17)22-10-11-25(27,15-22)16-32-33(28,29)30/h5,7-9,13-14,17,22H,2-4,6,10-12,15-16,27H2,1H3,(H2,28,29,30)/t17-,22+,25-/m1/s1. The van der Waals surface area contributed by atoms with Crippen molar-refractivity contribution in [3.05, 3.63) is 64.5 Å². The summed E-state index contributed by atoms with van der Waals surface area (Å²) in [5.74, 6) is 0.863. The van der Waals surface area contributed by atoms with Crippen molar-refractivity contribution in [3.63, 3.8) is 0 Å². The van der Waals surface area contributed by atoms with E-state index in [0.717, 1.165) is 44.1 Å². The van der Waals surface area contributed by atoms with Crippen molar-refractivity contribution in [2.45, 2.75) is 62.8 Å². The smallest absolute Gasteiger partial charge is 0.469 e. The summed E-state index contributed by atoms with van der Waals surface area (Å²) in [6.07, 6.45) is 7.44. The van der Waals surface area contributed by atoms with Gasteiger partial charge < -0.3 is 20.3 Å². The molecule has 4 rings (SSSR count). The van der Waals surface area contributed by atoms with E-state index in [2.05, 4.69) is 18.2 Å². The fourth-order valence-corrected chi connectivity index (χ4v) is 5.79. The highest BCUT2D eigenvalue weighted by Crippen LogP contribution is 2.44. The number of hydrogen-bond donors (Lipinski definition) is 3. The van der Waals surface area contributed by atoms with Crippen LogP contribution in [-0.4, -0.2) is 29.0 Å². The molecule has 1 fully saturated rings. The van der Waals surface area contributed by atoms with Gasteiger partial charge in [-0.3, -0.25) is 4.52 Å².